The number of anilines is 1. The second-order valence-electron chi connectivity index (χ2n) is 6.63. The largest absolute Gasteiger partial charge is 0.496 e. The molecule has 4 N–H and O–H groups in total. The third-order valence-electron chi connectivity index (χ3n) is 4.87. The van der Waals surface area contributed by atoms with Crippen molar-refractivity contribution in [3.63, 3.8) is 0 Å². The normalized spacial score (nSPS) is 11.2. The average molecular weight is 428 g/mol. The second-order valence-corrected chi connectivity index (χ2v) is 7.47. The zero-order valence-corrected chi connectivity index (χ0v) is 17.4. The van der Waals surface area contributed by atoms with Gasteiger partial charge in [0.2, 0.25) is 0 Å². The molecule has 0 spiro atoms. The van der Waals surface area contributed by atoms with Crippen LogP contribution in [0.3, 0.4) is 0 Å². The highest BCUT2D eigenvalue weighted by Gasteiger charge is 2.18. The maximum atomic E-state index is 6.43. The molecule has 2 aromatic heterocycles. The number of aryl methyl sites for hydroxylation is 1. The SMILES string of the molecule is COc1cc(-c2nc(N)c(CN)c(-c3ccc(Cl)cc3Cl)n2)cc2c1ccn2C. The average Bonchev–Trinajstić information content (AvgIpc) is 3.07. The van der Waals surface area contributed by atoms with Crippen molar-refractivity contribution in [3.05, 3.63) is 58.2 Å². The number of rotatable bonds is 4. The zero-order chi connectivity index (χ0) is 20.7. The minimum Gasteiger partial charge on any atom is -0.496 e. The molecule has 148 valence electrons. The van der Waals surface area contributed by atoms with Gasteiger partial charge in [0.15, 0.2) is 5.82 Å². The van der Waals surface area contributed by atoms with Crippen LogP contribution < -0.4 is 16.2 Å². The van der Waals surface area contributed by atoms with Gasteiger partial charge in [0.1, 0.15) is 11.6 Å². The topological polar surface area (TPSA) is 92.0 Å². The quantitative estimate of drug-likeness (QED) is 0.493. The van der Waals surface area contributed by atoms with Gasteiger partial charge < -0.3 is 20.8 Å². The lowest BCUT2D eigenvalue weighted by Gasteiger charge is -2.14. The predicted octanol–water partition coefficient (Wildman–Crippen LogP) is 4.66. The molecular formula is C21H19Cl2N5O. The summed E-state index contributed by atoms with van der Waals surface area (Å²) in [5, 5.41) is 2.01. The van der Waals surface area contributed by atoms with Gasteiger partial charge in [-0.25, -0.2) is 9.97 Å². The molecule has 4 rings (SSSR count). The van der Waals surface area contributed by atoms with Gasteiger partial charge in [0.05, 0.1) is 23.3 Å². The lowest BCUT2D eigenvalue weighted by atomic mass is 10.0. The molecular weight excluding hydrogens is 409 g/mol. The fourth-order valence-corrected chi connectivity index (χ4v) is 3.87. The first-order valence-corrected chi connectivity index (χ1v) is 9.63. The molecule has 0 saturated carbocycles. The number of halogens is 2. The summed E-state index contributed by atoms with van der Waals surface area (Å²) in [6.45, 7) is 0.181. The smallest absolute Gasteiger partial charge is 0.162 e. The van der Waals surface area contributed by atoms with Crippen molar-refractivity contribution in [2.75, 3.05) is 12.8 Å². The molecule has 8 heteroatoms. The van der Waals surface area contributed by atoms with E-state index in [0.29, 0.717) is 38.5 Å². The number of benzene rings is 2. The van der Waals surface area contributed by atoms with Crippen LogP contribution in [-0.2, 0) is 13.6 Å². The molecule has 0 aliphatic heterocycles. The zero-order valence-electron chi connectivity index (χ0n) is 15.9. The van der Waals surface area contributed by atoms with E-state index in [1.165, 1.54) is 0 Å². The van der Waals surface area contributed by atoms with Crippen LogP contribution >= 0.6 is 23.2 Å². The number of ether oxygens (including phenoxy) is 1. The summed E-state index contributed by atoms with van der Waals surface area (Å²) in [6.07, 6.45) is 1.97. The molecule has 29 heavy (non-hydrogen) atoms. The van der Waals surface area contributed by atoms with Crippen LogP contribution in [0.4, 0.5) is 5.82 Å². The second kappa shape index (κ2) is 7.55. The maximum absolute atomic E-state index is 6.43. The van der Waals surface area contributed by atoms with E-state index in [1.54, 1.807) is 25.3 Å². The van der Waals surface area contributed by atoms with E-state index >= 15 is 0 Å². The Morgan fingerprint density at radius 2 is 1.90 bits per heavy atom. The van der Waals surface area contributed by atoms with E-state index in [0.717, 1.165) is 22.2 Å². The standard InChI is InChI=1S/C21H19Cl2N5O/c1-28-6-5-14-17(28)7-11(8-18(14)29-2)21-26-19(15(10-24)20(25)27-21)13-4-3-12(22)9-16(13)23/h3-9H,10,24H2,1-2H3,(H2,25,26,27). The Labute approximate surface area is 178 Å². The molecule has 0 atom stereocenters. The first-order chi connectivity index (χ1) is 13.9. The van der Waals surface area contributed by atoms with E-state index in [1.807, 2.05) is 36.0 Å². The first kappa shape index (κ1) is 19.5. The summed E-state index contributed by atoms with van der Waals surface area (Å²) in [6, 6.07) is 11.1. The lowest BCUT2D eigenvalue weighted by molar-refractivity contribution is 0.420. The van der Waals surface area contributed by atoms with Crippen LogP contribution in [0.2, 0.25) is 10.0 Å². The van der Waals surface area contributed by atoms with Gasteiger partial charge in [-0.05, 0) is 36.4 Å². The van der Waals surface area contributed by atoms with E-state index < -0.39 is 0 Å². The number of hydrogen-bond donors (Lipinski definition) is 2. The predicted molar refractivity (Wildman–Crippen MR) is 118 cm³/mol. The van der Waals surface area contributed by atoms with Crippen molar-refractivity contribution in [2.24, 2.45) is 12.8 Å². The van der Waals surface area contributed by atoms with Crippen LogP contribution in [0.1, 0.15) is 5.56 Å². The van der Waals surface area contributed by atoms with Gasteiger partial charge in [-0.1, -0.05) is 23.2 Å². The number of aromatic nitrogens is 3. The summed E-state index contributed by atoms with van der Waals surface area (Å²) in [4.78, 5) is 9.26. The maximum Gasteiger partial charge on any atom is 0.162 e. The van der Waals surface area contributed by atoms with Crippen molar-refractivity contribution >= 4 is 39.9 Å². The minimum atomic E-state index is 0.181. The molecule has 0 unspecified atom stereocenters. The van der Waals surface area contributed by atoms with Crippen molar-refractivity contribution in [1.29, 1.82) is 0 Å². The van der Waals surface area contributed by atoms with E-state index in [4.69, 9.17) is 44.4 Å². The van der Waals surface area contributed by atoms with Gasteiger partial charge in [-0.15, -0.1) is 0 Å². The third-order valence-corrected chi connectivity index (χ3v) is 5.42. The Morgan fingerprint density at radius 1 is 1.10 bits per heavy atom. The van der Waals surface area contributed by atoms with Crippen molar-refractivity contribution in [3.8, 4) is 28.4 Å². The van der Waals surface area contributed by atoms with Crippen LogP contribution in [0.15, 0.2) is 42.6 Å². The summed E-state index contributed by atoms with van der Waals surface area (Å²) >= 11 is 12.5. The molecule has 0 fully saturated rings. The van der Waals surface area contributed by atoms with E-state index in [9.17, 15) is 0 Å². The number of methoxy groups -OCH3 is 1. The Hall–Kier alpha value is -2.80. The molecule has 6 nitrogen and oxygen atoms in total. The van der Waals surface area contributed by atoms with Crippen molar-refractivity contribution in [2.45, 2.75) is 6.54 Å². The molecule has 4 aromatic rings. The highest BCUT2D eigenvalue weighted by Crippen LogP contribution is 2.36. The molecule has 0 aliphatic rings. The first-order valence-electron chi connectivity index (χ1n) is 8.88. The highest BCUT2D eigenvalue weighted by molar-refractivity contribution is 6.36. The van der Waals surface area contributed by atoms with Crippen molar-refractivity contribution < 1.29 is 4.74 Å². The molecule has 0 aliphatic carbocycles. The molecule has 0 saturated heterocycles. The molecule has 2 heterocycles. The molecule has 0 bridgehead atoms. The van der Waals surface area contributed by atoms with Crippen LogP contribution in [0.5, 0.6) is 5.75 Å². The number of nitrogens with zero attached hydrogens (tertiary/aromatic N) is 3. The monoisotopic (exact) mass is 427 g/mol. The fourth-order valence-electron chi connectivity index (χ4n) is 3.37. The Bertz CT molecular complexity index is 1240. The number of nitrogen functional groups attached to an aromatic ring is 1. The van der Waals surface area contributed by atoms with Gasteiger partial charge in [-0.3, -0.25) is 0 Å². The lowest BCUT2D eigenvalue weighted by Crippen LogP contribution is -2.09. The van der Waals surface area contributed by atoms with E-state index in [2.05, 4.69) is 4.98 Å². The van der Waals surface area contributed by atoms with Crippen LogP contribution in [-0.4, -0.2) is 21.6 Å². The van der Waals surface area contributed by atoms with Gasteiger partial charge in [0.25, 0.3) is 0 Å². The third kappa shape index (κ3) is 3.40. The van der Waals surface area contributed by atoms with Crippen LogP contribution in [0.25, 0.3) is 33.5 Å². The Kier molecular flexibility index (Phi) is 5.08. The summed E-state index contributed by atoms with van der Waals surface area (Å²) in [7, 11) is 3.61. The molecule has 0 amide bonds. The highest BCUT2D eigenvalue weighted by atomic mass is 35.5. The Morgan fingerprint density at radius 3 is 2.59 bits per heavy atom. The van der Waals surface area contributed by atoms with Gasteiger partial charge in [0, 0.05) is 46.9 Å². The number of fused-ring (bicyclic) bond motifs is 1. The summed E-state index contributed by atoms with van der Waals surface area (Å²) in [5.41, 5.74) is 15.9. The summed E-state index contributed by atoms with van der Waals surface area (Å²) < 4.78 is 7.58. The molecule has 2 aromatic carbocycles. The summed E-state index contributed by atoms with van der Waals surface area (Å²) in [5.74, 6) is 1.50. The van der Waals surface area contributed by atoms with E-state index in [-0.39, 0.29) is 6.54 Å². The van der Waals surface area contributed by atoms with Crippen LogP contribution in [0, 0.1) is 0 Å². The molecule has 0 radical (unpaired) electrons. The van der Waals surface area contributed by atoms with Crippen molar-refractivity contribution in [1.82, 2.24) is 14.5 Å². The van der Waals surface area contributed by atoms with Gasteiger partial charge >= 0.3 is 0 Å². The fraction of sp³-hybridized carbons (Fsp3) is 0.143. The number of nitrogens with two attached hydrogens (primary N) is 2. The number of hydrogen-bond acceptors (Lipinski definition) is 5. The Balaban J connectivity index is 1.97. The minimum absolute atomic E-state index is 0.181. The van der Waals surface area contributed by atoms with Gasteiger partial charge in [-0.2, -0.15) is 0 Å².